The number of hydrogen-bond acceptors (Lipinski definition) is 2. The van der Waals surface area contributed by atoms with Gasteiger partial charge >= 0.3 is 0 Å². The molecule has 2 amide bonds. The maximum Gasteiger partial charge on any atom is 0.225 e. The molecule has 5 heteroatoms. The number of carbonyl (C=O) groups is 2. The Kier molecular flexibility index (Phi) is 7.48. The lowest BCUT2D eigenvalue weighted by Gasteiger charge is -2.33. The lowest BCUT2D eigenvalue weighted by atomic mass is 9.94. The number of hydrogen-bond donors (Lipinski definition) is 1. The molecule has 1 unspecified atom stereocenters. The molecule has 2 rings (SSSR count). The number of halogens is 1. The smallest absolute Gasteiger partial charge is 0.225 e. The van der Waals surface area contributed by atoms with Crippen LogP contribution in [-0.2, 0) is 16.0 Å². The molecule has 0 saturated carbocycles. The molecule has 1 N–H and O–H groups in total. The Morgan fingerprint density at radius 1 is 1.16 bits per heavy atom. The minimum Gasteiger partial charge on any atom is -0.353 e. The van der Waals surface area contributed by atoms with Crippen molar-refractivity contribution in [3.8, 4) is 0 Å². The average molecular weight is 409 g/mol. The summed E-state index contributed by atoms with van der Waals surface area (Å²) in [7, 11) is 0. The number of rotatable bonds is 6. The number of nitrogens with one attached hydrogen (secondary N) is 1. The maximum absolute atomic E-state index is 12.5. The van der Waals surface area contributed by atoms with Crippen LogP contribution in [0.4, 0.5) is 0 Å². The Morgan fingerprint density at radius 3 is 2.32 bits per heavy atom. The molecule has 0 radical (unpaired) electrons. The van der Waals surface area contributed by atoms with Gasteiger partial charge in [-0.05, 0) is 50.3 Å². The zero-order valence-electron chi connectivity index (χ0n) is 15.4. The Bertz CT molecular complexity index is 578. The minimum absolute atomic E-state index is 0.0315. The zero-order valence-corrected chi connectivity index (χ0v) is 17.0. The molecule has 0 aromatic heterocycles. The quantitative estimate of drug-likeness (QED) is 0.778. The number of nitrogens with zero attached hydrogens (tertiary/aromatic N) is 1. The van der Waals surface area contributed by atoms with E-state index in [4.69, 9.17) is 0 Å². The van der Waals surface area contributed by atoms with Gasteiger partial charge in [-0.3, -0.25) is 9.59 Å². The van der Waals surface area contributed by atoms with Crippen LogP contribution in [0, 0.1) is 11.8 Å². The molecule has 0 bridgehead atoms. The number of piperidine rings is 1. The SMILES string of the molecule is CC(CCc1ccc(Br)cc1)NC(=O)C1CCN(C(=O)C(C)C)CC1. The number of likely N-dealkylation sites (tertiary alicyclic amines) is 1. The predicted molar refractivity (Wildman–Crippen MR) is 104 cm³/mol. The highest BCUT2D eigenvalue weighted by Crippen LogP contribution is 2.19. The van der Waals surface area contributed by atoms with E-state index in [-0.39, 0.29) is 29.7 Å². The lowest BCUT2D eigenvalue weighted by Crippen LogP contribution is -2.45. The van der Waals surface area contributed by atoms with E-state index in [0.717, 1.165) is 30.2 Å². The van der Waals surface area contributed by atoms with Gasteiger partial charge in [-0.25, -0.2) is 0 Å². The molecule has 1 saturated heterocycles. The van der Waals surface area contributed by atoms with Crippen LogP contribution in [0.25, 0.3) is 0 Å². The lowest BCUT2D eigenvalue weighted by molar-refractivity contribution is -0.138. The summed E-state index contributed by atoms with van der Waals surface area (Å²) >= 11 is 3.44. The van der Waals surface area contributed by atoms with Crippen LogP contribution in [0.3, 0.4) is 0 Å². The summed E-state index contributed by atoms with van der Waals surface area (Å²) in [6.07, 6.45) is 3.42. The van der Waals surface area contributed by atoms with Gasteiger partial charge in [0, 0.05) is 35.4 Å². The molecule has 4 nitrogen and oxygen atoms in total. The fourth-order valence-electron chi connectivity index (χ4n) is 3.19. The summed E-state index contributed by atoms with van der Waals surface area (Å²) in [5, 5.41) is 3.15. The summed E-state index contributed by atoms with van der Waals surface area (Å²) in [5.74, 6) is 0.400. The van der Waals surface area contributed by atoms with E-state index < -0.39 is 0 Å². The van der Waals surface area contributed by atoms with Crippen LogP contribution in [-0.4, -0.2) is 35.8 Å². The van der Waals surface area contributed by atoms with Crippen molar-refractivity contribution >= 4 is 27.7 Å². The van der Waals surface area contributed by atoms with Crippen molar-refractivity contribution in [2.24, 2.45) is 11.8 Å². The molecule has 25 heavy (non-hydrogen) atoms. The van der Waals surface area contributed by atoms with Gasteiger partial charge in [0.05, 0.1) is 0 Å². The first-order valence-electron chi connectivity index (χ1n) is 9.20. The molecular formula is C20H29BrN2O2. The highest BCUT2D eigenvalue weighted by Gasteiger charge is 2.28. The molecule has 1 heterocycles. The number of benzene rings is 1. The molecule has 1 aliphatic heterocycles. The normalized spacial score (nSPS) is 16.8. The van der Waals surface area contributed by atoms with Crippen LogP contribution in [0.15, 0.2) is 28.7 Å². The second-order valence-electron chi connectivity index (χ2n) is 7.33. The Morgan fingerprint density at radius 2 is 1.76 bits per heavy atom. The summed E-state index contributed by atoms with van der Waals surface area (Å²) in [6, 6.07) is 8.47. The van der Waals surface area contributed by atoms with Gasteiger partial charge in [-0.1, -0.05) is 41.9 Å². The molecule has 138 valence electrons. The van der Waals surface area contributed by atoms with Crippen LogP contribution >= 0.6 is 15.9 Å². The van der Waals surface area contributed by atoms with Crippen molar-refractivity contribution in [3.63, 3.8) is 0 Å². The highest BCUT2D eigenvalue weighted by atomic mass is 79.9. The third-order valence-corrected chi connectivity index (χ3v) is 5.37. The van der Waals surface area contributed by atoms with Gasteiger partial charge in [0.2, 0.25) is 11.8 Å². The topological polar surface area (TPSA) is 49.4 Å². The summed E-state index contributed by atoms with van der Waals surface area (Å²) in [4.78, 5) is 26.4. The van der Waals surface area contributed by atoms with Crippen molar-refractivity contribution in [3.05, 3.63) is 34.3 Å². The monoisotopic (exact) mass is 408 g/mol. The van der Waals surface area contributed by atoms with E-state index in [1.54, 1.807) is 0 Å². The van der Waals surface area contributed by atoms with Crippen molar-refractivity contribution in [2.45, 2.75) is 52.5 Å². The Hall–Kier alpha value is -1.36. The van der Waals surface area contributed by atoms with Crippen LogP contribution < -0.4 is 5.32 Å². The largest absolute Gasteiger partial charge is 0.353 e. The van der Waals surface area contributed by atoms with E-state index >= 15 is 0 Å². The predicted octanol–water partition coefficient (Wildman–Crippen LogP) is 3.78. The van der Waals surface area contributed by atoms with Crippen LogP contribution in [0.1, 0.15) is 45.6 Å². The van der Waals surface area contributed by atoms with E-state index in [0.29, 0.717) is 13.1 Å². The van der Waals surface area contributed by atoms with Gasteiger partial charge < -0.3 is 10.2 Å². The molecule has 0 spiro atoms. The van der Waals surface area contributed by atoms with Gasteiger partial charge in [-0.2, -0.15) is 0 Å². The zero-order chi connectivity index (χ0) is 18.4. The third kappa shape index (κ3) is 6.14. The summed E-state index contributed by atoms with van der Waals surface area (Å²) in [6.45, 7) is 7.31. The van der Waals surface area contributed by atoms with Gasteiger partial charge in [0.15, 0.2) is 0 Å². The second-order valence-corrected chi connectivity index (χ2v) is 8.24. The fourth-order valence-corrected chi connectivity index (χ4v) is 3.46. The standard InChI is InChI=1S/C20H29BrN2O2/c1-14(2)20(25)23-12-10-17(11-13-23)19(24)22-15(3)4-5-16-6-8-18(21)9-7-16/h6-9,14-15,17H,4-5,10-13H2,1-3H3,(H,22,24). The maximum atomic E-state index is 12.5. The fraction of sp³-hybridized carbons (Fsp3) is 0.600. The first-order valence-corrected chi connectivity index (χ1v) is 9.99. The van der Waals surface area contributed by atoms with Crippen LogP contribution in [0.5, 0.6) is 0 Å². The van der Waals surface area contributed by atoms with Crippen LogP contribution in [0.2, 0.25) is 0 Å². The molecular weight excluding hydrogens is 380 g/mol. The molecule has 1 fully saturated rings. The first-order chi connectivity index (χ1) is 11.9. The average Bonchev–Trinajstić information content (AvgIpc) is 2.60. The number of aryl methyl sites for hydroxylation is 1. The molecule has 1 aliphatic rings. The van der Waals surface area contributed by atoms with E-state index in [1.165, 1.54) is 5.56 Å². The number of amides is 2. The van der Waals surface area contributed by atoms with Gasteiger partial charge in [0.25, 0.3) is 0 Å². The van der Waals surface area contributed by atoms with Crippen molar-refractivity contribution in [2.75, 3.05) is 13.1 Å². The van der Waals surface area contributed by atoms with E-state index in [1.807, 2.05) is 30.9 Å². The first kappa shape index (κ1) is 20.0. The van der Waals surface area contributed by atoms with E-state index in [9.17, 15) is 9.59 Å². The summed E-state index contributed by atoms with van der Waals surface area (Å²) < 4.78 is 1.08. The second kappa shape index (κ2) is 9.37. The van der Waals surface area contributed by atoms with Crippen molar-refractivity contribution in [1.29, 1.82) is 0 Å². The highest BCUT2D eigenvalue weighted by molar-refractivity contribution is 9.10. The Balaban J connectivity index is 1.72. The Labute approximate surface area is 159 Å². The van der Waals surface area contributed by atoms with Gasteiger partial charge in [0.1, 0.15) is 0 Å². The molecule has 1 atom stereocenters. The third-order valence-electron chi connectivity index (χ3n) is 4.84. The molecule has 0 aliphatic carbocycles. The van der Waals surface area contributed by atoms with Gasteiger partial charge in [-0.15, -0.1) is 0 Å². The van der Waals surface area contributed by atoms with E-state index in [2.05, 4.69) is 40.3 Å². The van der Waals surface area contributed by atoms with Crippen molar-refractivity contribution in [1.82, 2.24) is 10.2 Å². The molecule has 1 aromatic carbocycles. The summed E-state index contributed by atoms with van der Waals surface area (Å²) in [5.41, 5.74) is 1.28. The minimum atomic E-state index is 0.0315. The number of carbonyl (C=O) groups excluding carboxylic acids is 2. The molecule has 1 aromatic rings. The van der Waals surface area contributed by atoms with Crippen molar-refractivity contribution < 1.29 is 9.59 Å².